The van der Waals surface area contributed by atoms with Crippen molar-refractivity contribution in [2.45, 2.75) is 18.5 Å². The number of halogens is 3. The van der Waals surface area contributed by atoms with E-state index >= 15 is 0 Å². The molecule has 0 saturated heterocycles. The quantitative estimate of drug-likeness (QED) is 0.873. The lowest BCUT2D eigenvalue weighted by Gasteiger charge is -2.12. The molecule has 18 heavy (non-hydrogen) atoms. The number of nitrogens with one attached hydrogen (secondary N) is 2. The molecule has 98 valence electrons. The van der Waals surface area contributed by atoms with Gasteiger partial charge in [-0.2, -0.15) is 13.2 Å². The summed E-state index contributed by atoms with van der Waals surface area (Å²) in [6.45, 7) is 0.722. The van der Waals surface area contributed by atoms with Crippen molar-refractivity contribution in [2.75, 3.05) is 18.4 Å². The molecule has 2 rings (SSSR count). The highest BCUT2D eigenvalue weighted by Gasteiger charge is 2.38. The normalized spacial score (nSPS) is 18.1. The van der Waals surface area contributed by atoms with Crippen LogP contribution in [0, 0.1) is 0 Å². The number of rotatable bonds is 3. The number of fused-ring (bicyclic) bond motifs is 1. The summed E-state index contributed by atoms with van der Waals surface area (Å²) in [7, 11) is 0. The largest absolute Gasteiger partial charge is 0.471 e. The number of para-hydroxylation sites is 1. The molecule has 0 spiro atoms. The Balaban J connectivity index is 1.85. The first-order valence-corrected chi connectivity index (χ1v) is 5.66. The van der Waals surface area contributed by atoms with Crippen LogP contribution in [0.2, 0.25) is 0 Å². The second kappa shape index (κ2) is 4.88. The maximum Gasteiger partial charge on any atom is 0.471 e. The first kappa shape index (κ1) is 12.7. The fourth-order valence-corrected chi connectivity index (χ4v) is 2.07. The van der Waals surface area contributed by atoms with Crippen LogP contribution in [-0.4, -0.2) is 25.2 Å². The van der Waals surface area contributed by atoms with E-state index in [1.807, 2.05) is 29.6 Å². The van der Waals surface area contributed by atoms with E-state index in [9.17, 15) is 18.0 Å². The van der Waals surface area contributed by atoms with Gasteiger partial charge >= 0.3 is 12.1 Å². The molecule has 1 heterocycles. The van der Waals surface area contributed by atoms with E-state index < -0.39 is 12.1 Å². The van der Waals surface area contributed by atoms with Gasteiger partial charge in [0, 0.05) is 24.7 Å². The van der Waals surface area contributed by atoms with E-state index in [0.29, 0.717) is 13.0 Å². The van der Waals surface area contributed by atoms with Crippen molar-refractivity contribution in [3.8, 4) is 0 Å². The molecule has 1 aromatic rings. The number of benzene rings is 1. The lowest BCUT2D eigenvalue weighted by Crippen LogP contribution is -2.37. The summed E-state index contributed by atoms with van der Waals surface area (Å²) in [5.74, 6) is -1.73. The standard InChI is InChI=1S/C12H13F3N2O/c13-12(14,15)11(18)16-6-5-8-7-17-10-4-2-1-3-9(8)10/h1-4,8,17H,5-7H2,(H,16,18)/t8-/m0/s1. The van der Waals surface area contributed by atoms with Crippen LogP contribution >= 0.6 is 0 Å². The van der Waals surface area contributed by atoms with Crippen molar-refractivity contribution in [1.82, 2.24) is 5.32 Å². The van der Waals surface area contributed by atoms with Crippen LogP contribution in [0.4, 0.5) is 18.9 Å². The Morgan fingerprint density at radius 3 is 2.83 bits per heavy atom. The third kappa shape index (κ3) is 2.75. The highest BCUT2D eigenvalue weighted by molar-refractivity contribution is 5.81. The fraction of sp³-hybridized carbons (Fsp3) is 0.417. The molecule has 2 N–H and O–H groups in total. The number of hydrogen-bond donors (Lipinski definition) is 2. The number of hydrogen-bond acceptors (Lipinski definition) is 2. The third-order valence-corrected chi connectivity index (χ3v) is 2.98. The molecule has 0 fully saturated rings. The van der Waals surface area contributed by atoms with Gasteiger partial charge in [-0.1, -0.05) is 18.2 Å². The van der Waals surface area contributed by atoms with Gasteiger partial charge in [0.05, 0.1) is 0 Å². The number of carbonyl (C=O) groups is 1. The molecule has 6 heteroatoms. The van der Waals surface area contributed by atoms with Gasteiger partial charge in [-0.25, -0.2) is 0 Å². The van der Waals surface area contributed by atoms with Crippen molar-refractivity contribution < 1.29 is 18.0 Å². The van der Waals surface area contributed by atoms with Crippen LogP contribution in [0.5, 0.6) is 0 Å². The smallest absolute Gasteiger partial charge is 0.384 e. The van der Waals surface area contributed by atoms with Crippen LogP contribution in [0.1, 0.15) is 17.9 Å². The van der Waals surface area contributed by atoms with Gasteiger partial charge in [-0.3, -0.25) is 4.79 Å². The molecule has 3 nitrogen and oxygen atoms in total. The summed E-state index contributed by atoms with van der Waals surface area (Å²) in [6, 6.07) is 7.68. The van der Waals surface area contributed by atoms with Gasteiger partial charge in [0.15, 0.2) is 0 Å². The van der Waals surface area contributed by atoms with Gasteiger partial charge in [0.2, 0.25) is 0 Å². The predicted molar refractivity (Wildman–Crippen MR) is 61.4 cm³/mol. The Morgan fingerprint density at radius 1 is 1.39 bits per heavy atom. The summed E-state index contributed by atoms with van der Waals surface area (Å²) < 4.78 is 35.9. The van der Waals surface area contributed by atoms with E-state index in [-0.39, 0.29) is 12.5 Å². The molecule has 0 radical (unpaired) electrons. The number of amides is 1. The second-order valence-electron chi connectivity index (χ2n) is 4.21. The maximum absolute atomic E-state index is 12.0. The molecule has 0 bridgehead atoms. The van der Waals surface area contributed by atoms with Gasteiger partial charge in [0.25, 0.3) is 0 Å². The Kier molecular flexibility index (Phi) is 3.45. The van der Waals surface area contributed by atoms with Crippen LogP contribution in [0.25, 0.3) is 0 Å². The molecule has 0 aromatic heterocycles. The zero-order chi connectivity index (χ0) is 13.2. The Hall–Kier alpha value is -1.72. The minimum absolute atomic E-state index is 0.0268. The molecule has 1 amide bonds. The predicted octanol–water partition coefficient (Wildman–Crippen LogP) is 2.26. The summed E-state index contributed by atoms with van der Waals surface area (Å²) in [6.07, 6.45) is -4.31. The first-order chi connectivity index (χ1) is 8.48. The zero-order valence-electron chi connectivity index (χ0n) is 9.55. The van der Waals surface area contributed by atoms with Crippen LogP contribution in [0.15, 0.2) is 24.3 Å². The second-order valence-corrected chi connectivity index (χ2v) is 4.21. The fourth-order valence-electron chi connectivity index (χ4n) is 2.07. The maximum atomic E-state index is 12.0. The summed E-state index contributed by atoms with van der Waals surface area (Å²) in [5, 5.41) is 5.07. The van der Waals surface area contributed by atoms with Crippen molar-refractivity contribution >= 4 is 11.6 Å². The van der Waals surface area contributed by atoms with E-state index in [2.05, 4.69) is 5.32 Å². The van der Waals surface area contributed by atoms with Crippen LogP contribution < -0.4 is 10.6 Å². The molecule has 1 atom stereocenters. The van der Waals surface area contributed by atoms with Crippen molar-refractivity contribution in [2.24, 2.45) is 0 Å². The van der Waals surface area contributed by atoms with Gasteiger partial charge in [0.1, 0.15) is 0 Å². The summed E-state index contributed by atoms with van der Waals surface area (Å²) in [4.78, 5) is 10.6. The average molecular weight is 258 g/mol. The van der Waals surface area contributed by atoms with E-state index in [4.69, 9.17) is 0 Å². The van der Waals surface area contributed by atoms with Gasteiger partial charge in [-0.05, 0) is 18.1 Å². The highest BCUT2D eigenvalue weighted by Crippen LogP contribution is 2.32. The lowest BCUT2D eigenvalue weighted by atomic mass is 9.98. The Bertz CT molecular complexity index is 445. The van der Waals surface area contributed by atoms with Crippen molar-refractivity contribution in [3.63, 3.8) is 0 Å². The molecule has 0 saturated carbocycles. The van der Waals surface area contributed by atoms with E-state index in [1.165, 1.54) is 0 Å². The Morgan fingerprint density at radius 2 is 2.11 bits per heavy atom. The van der Waals surface area contributed by atoms with Crippen LogP contribution in [-0.2, 0) is 4.79 Å². The highest BCUT2D eigenvalue weighted by atomic mass is 19.4. The molecule has 1 aliphatic rings. The lowest BCUT2D eigenvalue weighted by molar-refractivity contribution is -0.173. The Labute approximate surface area is 102 Å². The molecule has 0 unspecified atom stereocenters. The average Bonchev–Trinajstić information content (AvgIpc) is 2.71. The van der Waals surface area contributed by atoms with E-state index in [1.54, 1.807) is 0 Å². The van der Waals surface area contributed by atoms with Gasteiger partial charge < -0.3 is 10.6 Å². The van der Waals surface area contributed by atoms with Gasteiger partial charge in [-0.15, -0.1) is 0 Å². The number of alkyl halides is 3. The summed E-state index contributed by atoms with van der Waals surface area (Å²) >= 11 is 0. The van der Waals surface area contributed by atoms with E-state index in [0.717, 1.165) is 11.3 Å². The topological polar surface area (TPSA) is 41.1 Å². The minimum Gasteiger partial charge on any atom is -0.384 e. The first-order valence-electron chi connectivity index (χ1n) is 5.66. The molecular formula is C12H13F3N2O. The van der Waals surface area contributed by atoms with Crippen molar-refractivity contribution in [3.05, 3.63) is 29.8 Å². The minimum atomic E-state index is -4.80. The SMILES string of the molecule is O=C(NCC[C@H]1CNc2ccccc21)C(F)(F)F. The van der Waals surface area contributed by atoms with Crippen LogP contribution in [0.3, 0.4) is 0 Å². The summed E-state index contributed by atoms with van der Waals surface area (Å²) in [5.41, 5.74) is 2.11. The van der Waals surface area contributed by atoms with Crippen molar-refractivity contribution in [1.29, 1.82) is 0 Å². The number of anilines is 1. The molecular weight excluding hydrogens is 245 g/mol. The monoisotopic (exact) mass is 258 g/mol. The molecule has 1 aromatic carbocycles. The molecule has 0 aliphatic carbocycles. The number of carbonyl (C=O) groups excluding carboxylic acids is 1. The third-order valence-electron chi connectivity index (χ3n) is 2.98. The molecule has 1 aliphatic heterocycles. The zero-order valence-corrected chi connectivity index (χ0v) is 9.55.